The van der Waals surface area contributed by atoms with Crippen LogP contribution in [0.1, 0.15) is 59.8 Å². The number of hydrogen-bond acceptors (Lipinski definition) is 3. The van der Waals surface area contributed by atoms with Crippen LogP contribution in [0.2, 0.25) is 0 Å². The Hall–Kier alpha value is -0.870. The molecule has 0 aliphatic heterocycles. The van der Waals surface area contributed by atoms with Gasteiger partial charge < -0.3 is 15.3 Å². The molecule has 0 saturated heterocycles. The van der Waals surface area contributed by atoms with Gasteiger partial charge in [-0.15, -0.1) is 0 Å². The van der Waals surface area contributed by atoms with Crippen molar-refractivity contribution in [2.24, 2.45) is 34.0 Å². The first-order valence-electron chi connectivity index (χ1n) is 8.94. The molecule has 3 aliphatic rings. The Morgan fingerprint density at radius 3 is 2.48 bits per heavy atom. The highest BCUT2D eigenvalue weighted by Gasteiger charge is 2.73. The fraction of sp³-hybridized carbons (Fsp3) is 0.842. The SMILES string of the molecule is CCC(C)(CC)C1=CC2C3(CC(C(=O)O)[C@H]3C1)C[C@]2(C)C(O)O. The lowest BCUT2D eigenvalue weighted by molar-refractivity contribution is -0.290. The normalized spacial score (nSPS) is 42.2. The molecule has 0 aromatic carbocycles. The predicted octanol–water partition coefficient (Wildman–Crippen LogP) is 3.19. The monoisotopic (exact) mass is 322 g/mol. The maximum atomic E-state index is 11.6. The first-order valence-corrected chi connectivity index (χ1v) is 8.94. The number of allylic oxidation sites excluding steroid dienone is 2. The van der Waals surface area contributed by atoms with Gasteiger partial charge in [0.2, 0.25) is 0 Å². The minimum absolute atomic E-state index is 0.00654. The average molecular weight is 322 g/mol. The van der Waals surface area contributed by atoms with E-state index in [1.165, 1.54) is 5.57 Å². The summed E-state index contributed by atoms with van der Waals surface area (Å²) in [6, 6.07) is 0. The standard InChI is InChI=1S/C19H30O4/c1-5-17(3,6-2)11-7-13-12(15(20)21)9-19(13)10-18(4,16(22)23)14(19)8-11/h8,12-14,16,22-23H,5-7,9-10H2,1-4H3,(H,20,21)/t12?,13-,14?,18+,19?/m1/s1. The van der Waals surface area contributed by atoms with Crippen LogP contribution in [0, 0.1) is 34.0 Å². The minimum Gasteiger partial charge on any atom is -0.481 e. The number of carboxylic acids is 1. The molecule has 0 aromatic rings. The molecule has 0 bridgehead atoms. The molecule has 0 heterocycles. The number of carboxylic acid groups (broad SMARTS) is 1. The Bertz CT molecular complexity index is 548. The predicted molar refractivity (Wildman–Crippen MR) is 87.5 cm³/mol. The van der Waals surface area contributed by atoms with Gasteiger partial charge >= 0.3 is 5.97 Å². The summed E-state index contributed by atoms with van der Waals surface area (Å²) < 4.78 is 0. The number of carbonyl (C=O) groups is 1. The molecule has 23 heavy (non-hydrogen) atoms. The van der Waals surface area contributed by atoms with Crippen LogP contribution in [0.25, 0.3) is 0 Å². The molecule has 4 heteroatoms. The van der Waals surface area contributed by atoms with Gasteiger partial charge in [0, 0.05) is 5.41 Å². The zero-order chi connectivity index (χ0) is 17.2. The van der Waals surface area contributed by atoms with Crippen LogP contribution in [0.15, 0.2) is 11.6 Å². The molecule has 5 atom stereocenters. The van der Waals surface area contributed by atoms with Crippen molar-refractivity contribution < 1.29 is 20.1 Å². The van der Waals surface area contributed by atoms with Gasteiger partial charge in [-0.25, -0.2) is 0 Å². The van der Waals surface area contributed by atoms with Crippen molar-refractivity contribution in [1.82, 2.24) is 0 Å². The van der Waals surface area contributed by atoms with Gasteiger partial charge in [0.25, 0.3) is 0 Å². The maximum absolute atomic E-state index is 11.6. The van der Waals surface area contributed by atoms with E-state index in [0.29, 0.717) is 6.42 Å². The molecule has 0 aromatic heterocycles. The fourth-order valence-corrected chi connectivity index (χ4v) is 5.83. The van der Waals surface area contributed by atoms with E-state index in [1.54, 1.807) is 0 Å². The van der Waals surface area contributed by atoms with E-state index in [1.807, 2.05) is 6.92 Å². The number of aliphatic hydroxyl groups is 2. The van der Waals surface area contributed by atoms with Crippen molar-refractivity contribution in [3.63, 3.8) is 0 Å². The van der Waals surface area contributed by atoms with E-state index in [-0.39, 0.29) is 28.6 Å². The Morgan fingerprint density at radius 1 is 1.39 bits per heavy atom. The quantitative estimate of drug-likeness (QED) is 0.536. The first kappa shape index (κ1) is 17.0. The second kappa shape index (κ2) is 5.06. The summed E-state index contributed by atoms with van der Waals surface area (Å²) in [6.45, 7) is 8.56. The molecule has 130 valence electrons. The first-order chi connectivity index (χ1) is 10.6. The highest BCUT2D eigenvalue weighted by atomic mass is 16.5. The Labute approximate surface area is 138 Å². The van der Waals surface area contributed by atoms with Crippen LogP contribution in [0.5, 0.6) is 0 Å². The van der Waals surface area contributed by atoms with Gasteiger partial charge in [-0.3, -0.25) is 4.79 Å². The van der Waals surface area contributed by atoms with E-state index in [9.17, 15) is 20.1 Å². The molecule has 3 N–H and O–H groups in total. The highest BCUT2D eigenvalue weighted by molar-refractivity contribution is 5.72. The summed E-state index contributed by atoms with van der Waals surface area (Å²) in [6.07, 6.45) is 5.30. The summed E-state index contributed by atoms with van der Waals surface area (Å²) in [5.41, 5.74) is 0.885. The van der Waals surface area contributed by atoms with E-state index in [2.05, 4.69) is 26.8 Å². The van der Waals surface area contributed by atoms with Gasteiger partial charge in [0.1, 0.15) is 0 Å². The summed E-state index contributed by atoms with van der Waals surface area (Å²) in [7, 11) is 0. The third-order valence-electron chi connectivity index (χ3n) is 7.91. The maximum Gasteiger partial charge on any atom is 0.306 e. The van der Waals surface area contributed by atoms with Crippen LogP contribution in [0.4, 0.5) is 0 Å². The van der Waals surface area contributed by atoms with Crippen molar-refractivity contribution in [2.45, 2.75) is 66.1 Å². The highest BCUT2D eigenvalue weighted by Crippen LogP contribution is 2.77. The van der Waals surface area contributed by atoms with Crippen molar-refractivity contribution in [3.05, 3.63) is 11.6 Å². The zero-order valence-electron chi connectivity index (χ0n) is 14.7. The van der Waals surface area contributed by atoms with E-state index in [4.69, 9.17) is 0 Å². The second-order valence-electron chi connectivity index (χ2n) is 8.69. The van der Waals surface area contributed by atoms with E-state index < -0.39 is 17.7 Å². The molecule has 3 aliphatic carbocycles. The van der Waals surface area contributed by atoms with Crippen molar-refractivity contribution in [1.29, 1.82) is 0 Å². The molecule has 2 saturated carbocycles. The molecule has 0 amide bonds. The molecule has 1 spiro atoms. The lowest BCUT2D eigenvalue weighted by Crippen LogP contribution is -2.70. The lowest BCUT2D eigenvalue weighted by Gasteiger charge is -2.73. The largest absolute Gasteiger partial charge is 0.481 e. The molecule has 0 radical (unpaired) electrons. The minimum atomic E-state index is -1.34. The summed E-state index contributed by atoms with van der Waals surface area (Å²) in [5, 5.41) is 29.3. The van der Waals surface area contributed by atoms with Gasteiger partial charge in [-0.05, 0) is 54.8 Å². The van der Waals surface area contributed by atoms with Crippen molar-refractivity contribution in [2.75, 3.05) is 0 Å². The number of rotatable bonds is 5. The molecular weight excluding hydrogens is 292 g/mol. The van der Waals surface area contributed by atoms with Crippen LogP contribution in [0.3, 0.4) is 0 Å². The number of aliphatic carboxylic acids is 1. The summed E-state index contributed by atoms with van der Waals surface area (Å²) in [4.78, 5) is 11.6. The molecule has 2 fully saturated rings. The molecule has 3 rings (SSSR count). The van der Waals surface area contributed by atoms with Gasteiger partial charge in [0.15, 0.2) is 6.29 Å². The Balaban J connectivity index is 2.00. The van der Waals surface area contributed by atoms with E-state index >= 15 is 0 Å². The van der Waals surface area contributed by atoms with E-state index in [0.717, 1.165) is 25.7 Å². The topological polar surface area (TPSA) is 77.8 Å². The third kappa shape index (κ3) is 2.00. The molecule has 3 unspecified atom stereocenters. The zero-order valence-corrected chi connectivity index (χ0v) is 14.7. The van der Waals surface area contributed by atoms with Crippen molar-refractivity contribution in [3.8, 4) is 0 Å². The third-order valence-corrected chi connectivity index (χ3v) is 7.91. The lowest BCUT2D eigenvalue weighted by atomic mass is 9.30. The smallest absolute Gasteiger partial charge is 0.306 e. The summed E-state index contributed by atoms with van der Waals surface area (Å²) >= 11 is 0. The molecule has 4 nitrogen and oxygen atoms in total. The van der Waals surface area contributed by atoms with Gasteiger partial charge in [-0.2, -0.15) is 0 Å². The van der Waals surface area contributed by atoms with Crippen LogP contribution in [-0.2, 0) is 4.79 Å². The number of aliphatic hydroxyl groups excluding tert-OH is 1. The fourth-order valence-electron chi connectivity index (χ4n) is 5.83. The van der Waals surface area contributed by atoms with Crippen LogP contribution >= 0.6 is 0 Å². The van der Waals surface area contributed by atoms with Gasteiger partial charge in [0.05, 0.1) is 5.92 Å². The van der Waals surface area contributed by atoms with Gasteiger partial charge in [-0.1, -0.05) is 39.3 Å². The van der Waals surface area contributed by atoms with Crippen LogP contribution < -0.4 is 0 Å². The second-order valence-corrected chi connectivity index (χ2v) is 8.69. The Morgan fingerprint density at radius 2 is 2.00 bits per heavy atom. The summed E-state index contributed by atoms with van der Waals surface area (Å²) in [5.74, 6) is -0.695. The average Bonchev–Trinajstić information content (AvgIpc) is 2.47. The molecular formula is C19H30O4. The van der Waals surface area contributed by atoms with Crippen LogP contribution in [-0.4, -0.2) is 27.6 Å². The number of hydrogen-bond donors (Lipinski definition) is 3. The Kier molecular flexibility index (Phi) is 3.73. The van der Waals surface area contributed by atoms with Crippen molar-refractivity contribution >= 4 is 5.97 Å².